The predicted molar refractivity (Wildman–Crippen MR) is 119 cm³/mol. The molecule has 156 valence electrons. The van der Waals surface area contributed by atoms with Crippen LogP contribution in [-0.4, -0.2) is 37.4 Å². The van der Waals surface area contributed by atoms with Crippen LogP contribution in [0.2, 0.25) is 0 Å². The van der Waals surface area contributed by atoms with E-state index < -0.39 is 12.0 Å². The minimum atomic E-state index is -0.550. The third-order valence-corrected chi connectivity index (χ3v) is 6.32. The quantitative estimate of drug-likeness (QED) is 0.715. The van der Waals surface area contributed by atoms with Crippen LogP contribution < -0.4 is 15.5 Å². The molecular formula is C23H25N3O3S. The molecule has 0 spiro atoms. The van der Waals surface area contributed by atoms with Crippen molar-refractivity contribution in [1.82, 2.24) is 10.6 Å². The molecule has 0 fully saturated rings. The largest absolute Gasteiger partial charge is 0.463 e. The third kappa shape index (κ3) is 4.31. The van der Waals surface area contributed by atoms with Gasteiger partial charge in [0.05, 0.1) is 36.2 Å². The zero-order chi connectivity index (χ0) is 20.9. The van der Waals surface area contributed by atoms with Crippen molar-refractivity contribution < 1.29 is 14.3 Å². The monoisotopic (exact) mass is 423 g/mol. The van der Waals surface area contributed by atoms with Crippen LogP contribution in [-0.2, 0) is 9.53 Å². The standard InChI is InChI=1S/C23H25N3O3S/c1-2-29-22(27)20-17(24-23(28)25-21(20)16-9-4-3-5-10-16)15-26-13-8-14-30-19-12-7-6-11-18(19)26/h3-7,9-12,21H,2,8,13-15H2,1H3,(H2,24,25,28). The van der Waals surface area contributed by atoms with Crippen molar-refractivity contribution in [2.45, 2.75) is 24.3 Å². The molecule has 2 amide bonds. The molecule has 6 nitrogen and oxygen atoms in total. The summed E-state index contributed by atoms with van der Waals surface area (Å²) < 4.78 is 5.37. The molecule has 0 radical (unpaired) electrons. The number of benzene rings is 2. The maximum absolute atomic E-state index is 13.0. The number of fused-ring (bicyclic) bond motifs is 1. The van der Waals surface area contributed by atoms with E-state index in [9.17, 15) is 9.59 Å². The Bertz CT molecular complexity index is 961. The zero-order valence-corrected chi connectivity index (χ0v) is 17.7. The number of hydrogen-bond donors (Lipinski definition) is 2. The predicted octanol–water partition coefficient (Wildman–Crippen LogP) is 3.86. The first-order valence-electron chi connectivity index (χ1n) is 10.2. The molecule has 0 aromatic heterocycles. The molecule has 2 aliphatic heterocycles. The number of rotatable bonds is 5. The number of amides is 2. The number of anilines is 1. The number of urea groups is 1. The van der Waals surface area contributed by atoms with Crippen LogP contribution in [0.1, 0.15) is 24.9 Å². The van der Waals surface area contributed by atoms with Gasteiger partial charge in [-0.15, -0.1) is 11.8 Å². The van der Waals surface area contributed by atoms with E-state index in [-0.39, 0.29) is 12.6 Å². The Morgan fingerprint density at radius 1 is 1.17 bits per heavy atom. The summed E-state index contributed by atoms with van der Waals surface area (Å²) in [5.41, 5.74) is 3.02. The van der Waals surface area contributed by atoms with Gasteiger partial charge in [-0.1, -0.05) is 42.5 Å². The minimum Gasteiger partial charge on any atom is -0.463 e. The normalized spacial score (nSPS) is 18.8. The lowest BCUT2D eigenvalue weighted by atomic mass is 9.95. The molecule has 30 heavy (non-hydrogen) atoms. The summed E-state index contributed by atoms with van der Waals surface area (Å²) >= 11 is 1.84. The number of carbonyl (C=O) groups excluding carboxylic acids is 2. The molecule has 7 heteroatoms. The van der Waals surface area contributed by atoms with Crippen LogP contribution in [0.15, 0.2) is 70.8 Å². The van der Waals surface area contributed by atoms with Gasteiger partial charge < -0.3 is 20.3 Å². The number of nitrogens with one attached hydrogen (secondary N) is 2. The highest BCUT2D eigenvalue weighted by atomic mass is 32.2. The molecule has 1 atom stereocenters. The van der Waals surface area contributed by atoms with Crippen LogP contribution >= 0.6 is 11.8 Å². The lowest BCUT2D eigenvalue weighted by Crippen LogP contribution is -2.48. The van der Waals surface area contributed by atoms with Gasteiger partial charge in [-0.05, 0) is 36.8 Å². The maximum atomic E-state index is 13.0. The highest BCUT2D eigenvalue weighted by Crippen LogP contribution is 2.35. The van der Waals surface area contributed by atoms with Crippen molar-refractivity contribution in [2.75, 3.05) is 30.3 Å². The Morgan fingerprint density at radius 2 is 1.93 bits per heavy atom. The summed E-state index contributed by atoms with van der Waals surface area (Å²) in [5.74, 6) is 0.629. The average molecular weight is 424 g/mol. The van der Waals surface area contributed by atoms with Crippen molar-refractivity contribution in [2.24, 2.45) is 0 Å². The van der Waals surface area contributed by atoms with E-state index in [1.807, 2.05) is 54.2 Å². The van der Waals surface area contributed by atoms with Crippen LogP contribution in [0.25, 0.3) is 0 Å². The number of carbonyl (C=O) groups is 2. The second-order valence-electron chi connectivity index (χ2n) is 7.15. The van der Waals surface area contributed by atoms with Crippen molar-refractivity contribution in [1.29, 1.82) is 0 Å². The molecule has 0 bridgehead atoms. The molecule has 0 saturated carbocycles. The zero-order valence-electron chi connectivity index (χ0n) is 16.9. The summed E-state index contributed by atoms with van der Waals surface area (Å²) in [7, 11) is 0. The SMILES string of the molecule is CCOC(=O)C1=C(CN2CCCSc3ccccc32)NC(=O)NC1c1ccccc1. The molecule has 2 aromatic rings. The molecular weight excluding hydrogens is 398 g/mol. The van der Waals surface area contributed by atoms with E-state index in [1.165, 1.54) is 4.90 Å². The Kier molecular flexibility index (Phi) is 6.28. The van der Waals surface area contributed by atoms with Gasteiger partial charge in [-0.25, -0.2) is 9.59 Å². The van der Waals surface area contributed by atoms with Gasteiger partial charge in [0, 0.05) is 11.4 Å². The highest BCUT2D eigenvalue weighted by molar-refractivity contribution is 7.99. The lowest BCUT2D eigenvalue weighted by Gasteiger charge is -2.33. The summed E-state index contributed by atoms with van der Waals surface area (Å²) in [5, 5.41) is 5.77. The van der Waals surface area contributed by atoms with E-state index in [1.54, 1.807) is 6.92 Å². The van der Waals surface area contributed by atoms with Crippen molar-refractivity contribution in [3.05, 3.63) is 71.4 Å². The first-order chi connectivity index (χ1) is 14.7. The maximum Gasteiger partial charge on any atom is 0.338 e. The Labute approximate surface area is 180 Å². The fourth-order valence-electron chi connectivity index (χ4n) is 3.84. The Morgan fingerprint density at radius 3 is 2.73 bits per heavy atom. The van der Waals surface area contributed by atoms with Gasteiger partial charge in [0.1, 0.15) is 0 Å². The third-order valence-electron chi connectivity index (χ3n) is 5.17. The Balaban J connectivity index is 1.75. The second kappa shape index (κ2) is 9.26. The molecule has 4 rings (SSSR count). The summed E-state index contributed by atoms with van der Waals surface area (Å²) in [6.45, 7) is 3.34. The van der Waals surface area contributed by atoms with Gasteiger partial charge in [-0.2, -0.15) is 0 Å². The van der Waals surface area contributed by atoms with Gasteiger partial charge in [0.15, 0.2) is 0 Å². The summed E-state index contributed by atoms with van der Waals surface area (Å²) in [6.07, 6.45) is 1.02. The molecule has 0 saturated heterocycles. The summed E-state index contributed by atoms with van der Waals surface area (Å²) in [4.78, 5) is 28.9. The van der Waals surface area contributed by atoms with E-state index in [2.05, 4.69) is 27.7 Å². The van der Waals surface area contributed by atoms with Crippen molar-refractivity contribution in [3.63, 3.8) is 0 Å². The lowest BCUT2D eigenvalue weighted by molar-refractivity contribution is -0.139. The van der Waals surface area contributed by atoms with Gasteiger partial charge in [-0.3, -0.25) is 0 Å². The van der Waals surface area contributed by atoms with Crippen LogP contribution in [0.4, 0.5) is 10.5 Å². The topological polar surface area (TPSA) is 70.7 Å². The van der Waals surface area contributed by atoms with Gasteiger partial charge in [0.25, 0.3) is 0 Å². The molecule has 1 unspecified atom stereocenters. The first-order valence-corrected chi connectivity index (χ1v) is 11.2. The fraction of sp³-hybridized carbons (Fsp3) is 0.304. The number of ether oxygens (including phenoxy) is 1. The van der Waals surface area contributed by atoms with Crippen molar-refractivity contribution in [3.8, 4) is 0 Å². The van der Waals surface area contributed by atoms with E-state index in [0.29, 0.717) is 17.8 Å². The number of nitrogens with zero attached hydrogens (tertiary/aromatic N) is 1. The Hall–Kier alpha value is -2.93. The molecule has 2 N–H and O–H groups in total. The number of thioether (sulfide) groups is 1. The van der Waals surface area contributed by atoms with Gasteiger partial charge in [0.2, 0.25) is 0 Å². The molecule has 2 aliphatic rings. The fourth-order valence-corrected chi connectivity index (χ4v) is 4.85. The van der Waals surface area contributed by atoms with E-state index in [4.69, 9.17) is 4.74 Å². The van der Waals surface area contributed by atoms with E-state index in [0.717, 1.165) is 30.0 Å². The van der Waals surface area contributed by atoms with Crippen LogP contribution in [0.5, 0.6) is 0 Å². The molecule has 2 heterocycles. The smallest absolute Gasteiger partial charge is 0.338 e. The molecule has 0 aliphatic carbocycles. The van der Waals surface area contributed by atoms with Crippen LogP contribution in [0, 0.1) is 0 Å². The number of esters is 1. The second-order valence-corrected chi connectivity index (χ2v) is 8.28. The first kappa shape index (κ1) is 20.3. The number of para-hydroxylation sites is 1. The highest BCUT2D eigenvalue weighted by Gasteiger charge is 2.34. The summed E-state index contributed by atoms with van der Waals surface area (Å²) in [6, 6.07) is 16.9. The molecule has 2 aromatic carbocycles. The minimum absolute atomic E-state index is 0.272. The number of hydrogen-bond acceptors (Lipinski definition) is 5. The average Bonchev–Trinajstić information content (AvgIpc) is 2.96. The van der Waals surface area contributed by atoms with Crippen molar-refractivity contribution >= 4 is 29.4 Å². The van der Waals surface area contributed by atoms with Gasteiger partial charge >= 0.3 is 12.0 Å². The van der Waals surface area contributed by atoms with E-state index >= 15 is 0 Å². The van der Waals surface area contributed by atoms with Crippen LogP contribution in [0.3, 0.4) is 0 Å².